The molecule has 7 heteroatoms. The number of carbonyl (C=O) groups is 3. The maximum atomic E-state index is 12.1. The fraction of sp³-hybridized carbons (Fsp3) is 0.571. The van der Waals surface area contributed by atoms with Crippen molar-refractivity contribution < 1.29 is 14.4 Å². The van der Waals surface area contributed by atoms with Crippen LogP contribution in [-0.2, 0) is 10.2 Å². The summed E-state index contributed by atoms with van der Waals surface area (Å²) in [6.45, 7) is 6.52. The fourth-order valence-electron chi connectivity index (χ4n) is 3.16. The third-order valence-electron chi connectivity index (χ3n) is 4.91. The highest BCUT2D eigenvalue weighted by Gasteiger charge is 2.16. The van der Waals surface area contributed by atoms with Gasteiger partial charge in [-0.15, -0.1) is 0 Å². The zero-order valence-electron chi connectivity index (χ0n) is 17.1. The van der Waals surface area contributed by atoms with Crippen LogP contribution >= 0.6 is 0 Å². The van der Waals surface area contributed by atoms with Gasteiger partial charge in [0.2, 0.25) is 5.91 Å². The summed E-state index contributed by atoms with van der Waals surface area (Å²) >= 11 is 0. The van der Waals surface area contributed by atoms with Crippen molar-refractivity contribution in [3.63, 3.8) is 0 Å². The van der Waals surface area contributed by atoms with Crippen LogP contribution in [-0.4, -0.2) is 30.4 Å². The molecule has 4 amide bonds. The first kappa shape index (κ1) is 21.7. The van der Waals surface area contributed by atoms with Crippen LogP contribution in [0.2, 0.25) is 0 Å². The van der Waals surface area contributed by atoms with E-state index in [9.17, 15) is 14.4 Å². The van der Waals surface area contributed by atoms with Crippen LogP contribution in [0.1, 0.15) is 75.2 Å². The largest absolute Gasteiger partial charge is 0.338 e. The molecular weight excluding hydrogens is 356 g/mol. The molecule has 1 aromatic carbocycles. The molecule has 154 valence electrons. The SMILES string of the molecule is CC(C)(C)c1ccc(C(=O)NNC(=O)CCNC(=O)NC2CCCCC2)cc1. The van der Waals surface area contributed by atoms with Crippen LogP contribution < -0.4 is 21.5 Å². The number of hydrogen-bond acceptors (Lipinski definition) is 3. The molecule has 7 nitrogen and oxygen atoms in total. The van der Waals surface area contributed by atoms with Gasteiger partial charge in [-0.1, -0.05) is 52.2 Å². The number of hydrazine groups is 1. The Hall–Kier alpha value is -2.57. The van der Waals surface area contributed by atoms with Gasteiger partial charge in [0.1, 0.15) is 0 Å². The van der Waals surface area contributed by atoms with E-state index in [1.165, 1.54) is 6.42 Å². The molecule has 0 saturated heterocycles. The molecule has 4 N–H and O–H groups in total. The van der Waals surface area contributed by atoms with E-state index < -0.39 is 0 Å². The lowest BCUT2D eigenvalue weighted by atomic mass is 9.87. The number of rotatable bonds is 5. The van der Waals surface area contributed by atoms with Crippen molar-refractivity contribution in [1.82, 2.24) is 21.5 Å². The summed E-state index contributed by atoms with van der Waals surface area (Å²) in [7, 11) is 0. The van der Waals surface area contributed by atoms with Crippen LogP contribution in [0, 0.1) is 0 Å². The number of amides is 4. The maximum absolute atomic E-state index is 12.1. The monoisotopic (exact) mass is 388 g/mol. The van der Waals surface area contributed by atoms with Gasteiger partial charge in [-0.25, -0.2) is 4.79 Å². The molecule has 0 radical (unpaired) electrons. The van der Waals surface area contributed by atoms with E-state index >= 15 is 0 Å². The molecular formula is C21H32N4O3. The van der Waals surface area contributed by atoms with E-state index in [0.717, 1.165) is 31.2 Å². The Morgan fingerprint density at radius 2 is 1.61 bits per heavy atom. The van der Waals surface area contributed by atoms with Gasteiger partial charge in [-0.2, -0.15) is 0 Å². The van der Waals surface area contributed by atoms with Crippen LogP contribution in [0.15, 0.2) is 24.3 Å². The highest BCUT2D eigenvalue weighted by Crippen LogP contribution is 2.22. The second kappa shape index (κ2) is 10.1. The number of carbonyl (C=O) groups excluding carboxylic acids is 3. The molecule has 0 aliphatic heterocycles. The highest BCUT2D eigenvalue weighted by molar-refractivity contribution is 5.95. The van der Waals surface area contributed by atoms with Crippen LogP contribution in [0.5, 0.6) is 0 Å². The molecule has 1 aliphatic rings. The summed E-state index contributed by atoms with van der Waals surface area (Å²) in [5, 5.41) is 5.60. The minimum absolute atomic E-state index is 0.0134. The summed E-state index contributed by atoms with van der Waals surface area (Å²) < 4.78 is 0. The summed E-state index contributed by atoms with van der Waals surface area (Å²) in [6.07, 6.45) is 5.62. The molecule has 0 unspecified atom stereocenters. The van der Waals surface area contributed by atoms with E-state index in [4.69, 9.17) is 0 Å². The first-order valence-corrected chi connectivity index (χ1v) is 10.00. The molecule has 1 aromatic rings. The number of benzene rings is 1. The van der Waals surface area contributed by atoms with Crippen molar-refractivity contribution in [2.75, 3.05) is 6.54 Å². The molecule has 0 bridgehead atoms. The molecule has 2 rings (SSSR count). The van der Waals surface area contributed by atoms with Gasteiger partial charge >= 0.3 is 6.03 Å². The summed E-state index contributed by atoms with van der Waals surface area (Å²) in [5.74, 6) is -0.741. The van der Waals surface area contributed by atoms with Crippen LogP contribution in [0.3, 0.4) is 0 Å². The quantitative estimate of drug-likeness (QED) is 0.584. The average Bonchev–Trinajstić information content (AvgIpc) is 2.66. The van der Waals surface area contributed by atoms with Gasteiger partial charge in [-0.05, 0) is 36.0 Å². The summed E-state index contributed by atoms with van der Waals surface area (Å²) in [6, 6.07) is 7.27. The predicted octanol–water partition coefficient (Wildman–Crippen LogP) is 2.77. The predicted molar refractivity (Wildman–Crippen MR) is 109 cm³/mol. The number of nitrogens with one attached hydrogen (secondary N) is 4. The number of urea groups is 1. The zero-order chi connectivity index (χ0) is 20.6. The molecule has 28 heavy (non-hydrogen) atoms. The lowest BCUT2D eigenvalue weighted by Crippen LogP contribution is -2.45. The van der Waals surface area contributed by atoms with E-state index in [1.54, 1.807) is 12.1 Å². The molecule has 1 saturated carbocycles. The van der Waals surface area contributed by atoms with Crippen molar-refractivity contribution in [1.29, 1.82) is 0 Å². The van der Waals surface area contributed by atoms with Gasteiger partial charge in [0.05, 0.1) is 0 Å². The van der Waals surface area contributed by atoms with Crippen molar-refractivity contribution in [3.05, 3.63) is 35.4 Å². The molecule has 0 spiro atoms. The summed E-state index contributed by atoms with van der Waals surface area (Å²) in [5.41, 5.74) is 6.38. The van der Waals surface area contributed by atoms with Gasteiger partial charge in [0.15, 0.2) is 0 Å². The fourth-order valence-corrected chi connectivity index (χ4v) is 3.16. The Labute approximate surface area is 167 Å². The van der Waals surface area contributed by atoms with E-state index in [2.05, 4.69) is 42.3 Å². The minimum atomic E-state index is -0.378. The maximum Gasteiger partial charge on any atom is 0.315 e. The minimum Gasteiger partial charge on any atom is -0.338 e. The standard InChI is InChI=1S/C21H32N4O3/c1-21(2,3)16-11-9-15(10-12-16)19(27)25-24-18(26)13-14-22-20(28)23-17-7-5-4-6-8-17/h9-12,17H,4-8,13-14H2,1-3H3,(H,24,26)(H,25,27)(H2,22,23,28). The van der Waals surface area contributed by atoms with E-state index in [0.29, 0.717) is 5.56 Å². The van der Waals surface area contributed by atoms with E-state index in [-0.39, 0.29) is 42.3 Å². The number of hydrogen-bond donors (Lipinski definition) is 4. The van der Waals surface area contributed by atoms with Crippen molar-refractivity contribution in [2.45, 2.75) is 70.8 Å². The Morgan fingerprint density at radius 1 is 0.964 bits per heavy atom. The lowest BCUT2D eigenvalue weighted by Gasteiger charge is -2.22. The smallest absolute Gasteiger partial charge is 0.315 e. The normalized spacial score (nSPS) is 14.8. The lowest BCUT2D eigenvalue weighted by molar-refractivity contribution is -0.121. The molecule has 1 aliphatic carbocycles. The van der Waals surface area contributed by atoms with Gasteiger partial charge < -0.3 is 10.6 Å². The van der Waals surface area contributed by atoms with Crippen molar-refractivity contribution in [3.8, 4) is 0 Å². The first-order valence-electron chi connectivity index (χ1n) is 10.00. The van der Waals surface area contributed by atoms with Crippen LogP contribution in [0.25, 0.3) is 0 Å². The van der Waals surface area contributed by atoms with Crippen molar-refractivity contribution in [2.24, 2.45) is 0 Å². The summed E-state index contributed by atoms with van der Waals surface area (Å²) in [4.78, 5) is 35.8. The van der Waals surface area contributed by atoms with Crippen LogP contribution in [0.4, 0.5) is 4.79 Å². The Bertz CT molecular complexity index is 674. The Balaban J connectivity index is 1.64. The van der Waals surface area contributed by atoms with Crippen molar-refractivity contribution >= 4 is 17.8 Å². The van der Waals surface area contributed by atoms with Gasteiger partial charge in [-0.3, -0.25) is 20.4 Å². The molecule has 0 atom stereocenters. The third kappa shape index (κ3) is 7.21. The highest BCUT2D eigenvalue weighted by atomic mass is 16.2. The topological polar surface area (TPSA) is 99.3 Å². The second-order valence-corrected chi connectivity index (χ2v) is 8.31. The molecule has 0 heterocycles. The molecule has 1 fully saturated rings. The Kier molecular flexibility index (Phi) is 7.84. The second-order valence-electron chi connectivity index (χ2n) is 8.31. The molecule has 0 aromatic heterocycles. The average molecular weight is 389 g/mol. The van der Waals surface area contributed by atoms with Gasteiger partial charge in [0.25, 0.3) is 5.91 Å². The zero-order valence-corrected chi connectivity index (χ0v) is 17.1. The first-order chi connectivity index (χ1) is 13.3. The van der Waals surface area contributed by atoms with E-state index in [1.807, 2.05) is 12.1 Å². The Morgan fingerprint density at radius 3 is 2.21 bits per heavy atom. The van der Waals surface area contributed by atoms with Gasteiger partial charge in [0, 0.05) is 24.6 Å². The third-order valence-corrected chi connectivity index (χ3v) is 4.91.